The number of ether oxygens (including phenoxy) is 2. The summed E-state index contributed by atoms with van der Waals surface area (Å²) in [6.07, 6.45) is 0.281. The first-order chi connectivity index (χ1) is 13.6. The first kappa shape index (κ1) is 22.2. The number of fused-ring (bicyclic) bond motifs is 1. The van der Waals surface area contributed by atoms with Crippen molar-refractivity contribution >= 4 is 17.9 Å². The minimum atomic E-state index is -0.648. The number of nitrogens with two attached hydrogens (primary N) is 1. The molecule has 8 nitrogen and oxygen atoms in total. The molecule has 0 radical (unpaired) electrons. The van der Waals surface area contributed by atoms with Crippen LogP contribution >= 0.6 is 0 Å². The second-order valence-corrected chi connectivity index (χ2v) is 7.67. The number of halogens is 1. The van der Waals surface area contributed by atoms with Crippen LogP contribution in [-0.2, 0) is 16.0 Å². The highest BCUT2D eigenvalue weighted by Crippen LogP contribution is 2.24. The van der Waals surface area contributed by atoms with E-state index in [0.717, 1.165) is 5.56 Å². The zero-order chi connectivity index (χ0) is 21.6. The van der Waals surface area contributed by atoms with Crippen LogP contribution in [0.1, 0.15) is 36.7 Å². The van der Waals surface area contributed by atoms with Crippen LogP contribution in [0.15, 0.2) is 30.1 Å². The number of amides is 3. The van der Waals surface area contributed by atoms with E-state index in [1.807, 2.05) is 0 Å². The lowest BCUT2D eigenvalue weighted by Crippen LogP contribution is -2.42. The third-order valence-corrected chi connectivity index (χ3v) is 4.03. The van der Waals surface area contributed by atoms with Crippen LogP contribution in [0, 0.1) is 0 Å². The second kappa shape index (κ2) is 9.40. The fourth-order valence-corrected chi connectivity index (χ4v) is 2.74. The summed E-state index contributed by atoms with van der Waals surface area (Å²) in [4.78, 5) is 36.5. The van der Waals surface area contributed by atoms with E-state index in [1.54, 1.807) is 39.0 Å². The van der Waals surface area contributed by atoms with Gasteiger partial charge in [-0.05, 0) is 51.0 Å². The van der Waals surface area contributed by atoms with Crippen molar-refractivity contribution in [2.75, 3.05) is 26.2 Å². The molecule has 3 amide bonds. The SMILES string of the molecule is CC(C)(C)OC(=O)NC/C(=C/F)COc1ccc2c(c1)CCN(CC(N)=O)C2=O. The highest BCUT2D eigenvalue weighted by molar-refractivity contribution is 5.98. The number of benzene rings is 1. The molecule has 0 aliphatic carbocycles. The molecule has 0 saturated heterocycles. The first-order valence-electron chi connectivity index (χ1n) is 9.17. The molecule has 0 atom stereocenters. The maximum Gasteiger partial charge on any atom is 0.407 e. The van der Waals surface area contributed by atoms with Crippen molar-refractivity contribution in [3.8, 4) is 5.75 Å². The Morgan fingerprint density at radius 1 is 1.34 bits per heavy atom. The van der Waals surface area contributed by atoms with Crippen molar-refractivity contribution < 1.29 is 28.2 Å². The normalized spacial score (nSPS) is 14.3. The summed E-state index contributed by atoms with van der Waals surface area (Å²) in [5, 5.41) is 2.47. The van der Waals surface area contributed by atoms with Crippen molar-refractivity contribution in [1.29, 1.82) is 0 Å². The number of primary amides is 1. The Balaban J connectivity index is 1.92. The van der Waals surface area contributed by atoms with Crippen LogP contribution in [0.2, 0.25) is 0 Å². The van der Waals surface area contributed by atoms with E-state index in [9.17, 15) is 18.8 Å². The largest absolute Gasteiger partial charge is 0.489 e. The molecule has 1 aromatic carbocycles. The number of hydrogen-bond donors (Lipinski definition) is 2. The molecule has 1 heterocycles. The Morgan fingerprint density at radius 3 is 2.69 bits per heavy atom. The Kier molecular flexibility index (Phi) is 7.19. The highest BCUT2D eigenvalue weighted by Gasteiger charge is 2.25. The number of nitrogens with zero attached hydrogens (tertiary/aromatic N) is 1. The third kappa shape index (κ3) is 6.78. The molecule has 158 valence electrons. The van der Waals surface area contributed by atoms with Gasteiger partial charge in [-0.1, -0.05) is 0 Å². The molecule has 1 aromatic rings. The monoisotopic (exact) mass is 407 g/mol. The maximum absolute atomic E-state index is 13.1. The van der Waals surface area contributed by atoms with Gasteiger partial charge < -0.3 is 25.4 Å². The van der Waals surface area contributed by atoms with Gasteiger partial charge in [-0.3, -0.25) is 9.59 Å². The van der Waals surface area contributed by atoms with Crippen LogP contribution in [0.4, 0.5) is 9.18 Å². The quantitative estimate of drug-likeness (QED) is 0.717. The molecule has 0 bridgehead atoms. The molecule has 9 heteroatoms. The first-order valence-corrected chi connectivity index (χ1v) is 9.17. The van der Waals surface area contributed by atoms with Gasteiger partial charge in [0.05, 0.1) is 12.9 Å². The predicted molar refractivity (Wildman–Crippen MR) is 104 cm³/mol. The van der Waals surface area contributed by atoms with E-state index in [4.69, 9.17) is 15.2 Å². The Hall–Kier alpha value is -3.10. The van der Waals surface area contributed by atoms with Crippen molar-refractivity contribution in [2.45, 2.75) is 32.8 Å². The summed E-state index contributed by atoms with van der Waals surface area (Å²) >= 11 is 0. The van der Waals surface area contributed by atoms with Gasteiger partial charge >= 0.3 is 6.09 Å². The fourth-order valence-electron chi connectivity index (χ4n) is 2.74. The third-order valence-electron chi connectivity index (χ3n) is 4.03. The van der Waals surface area contributed by atoms with Crippen LogP contribution in [0.25, 0.3) is 0 Å². The lowest BCUT2D eigenvalue weighted by molar-refractivity contribution is -0.118. The number of carbonyl (C=O) groups is 3. The van der Waals surface area contributed by atoms with Crippen molar-refractivity contribution in [2.24, 2.45) is 5.73 Å². The Labute approximate surface area is 168 Å². The van der Waals surface area contributed by atoms with Crippen LogP contribution < -0.4 is 15.8 Å². The van der Waals surface area contributed by atoms with E-state index in [-0.39, 0.29) is 31.2 Å². The van der Waals surface area contributed by atoms with E-state index < -0.39 is 17.6 Å². The van der Waals surface area contributed by atoms with E-state index in [0.29, 0.717) is 30.6 Å². The van der Waals surface area contributed by atoms with Gasteiger partial charge in [0.1, 0.15) is 18.0 Å². The number of rotatable bonds is 7. The molecular weight excluding hydrogens is 381 g/mol. The molecule has 1 aliphatic heterocycles. The molecule has 1 aliphatic rings. The number of nitrogens with one attached hydrogen (secondary N) is 1. The van der Waals surface area contributed by atoms with E-state index in [1.165, 1.54) is 4.90 Å². The van der Waals surface area contributed by atoms with E-state index in [2.05, 4.69) is 5.32 Å². The van der Waals surface area contributed by atoms with Gasteiger partial charge in [-0.2, -0.15) is 0 Å². The van der Waals surface area contributed by atoms with Gasteiger partial charge in [-0.15, -0.1) is 0 Å². The average molecular weight is 407 g/mol. The molecule has 0 unspecified atom stereocenters. The summed E-state index contributed by atoms with van der Waals surface area (Å²) in [5.74, 6) is -0.355. The minimum Gasteiger partial charge on any atom is -0.489 e. The van der Waals surface area contributed by atoms with Crippen LogP contribution in [0.5, 0.6) is 5.75 Å². The standard InChI is InChI=1S/C20H26FN3O5/c1-20(2,3)29-19(27)23-10-13(9-21)12-28-15-4-5-16-14(8-15)6-7-24(18(16)26)11-17(22)25/h4-5,8-9H,6-7,10-12H2,1-3H3,(H2,22,25)(H,23,27)/b13-9-. The lowest BCUT2D eigenvalue weighted by atomic mass is 9.98. The molecule has 2 rings (SSSR count). The zero-order valence-electron chi connectivity index (χ0n) is 16.8. The number of carbonyl (C=O) groups excluding carboxylic acids is 3. The van der Waals surface area contributed by atoms with E-state index >= 15 is 0 Å². The van der Waals surface area contributed by atoms with Gasteiger partial charge in [0.2, 0.25) is 5.91 Å². The fraction of sp³-hybridized carbons (Fsp3) is 0.450. The minimum absolute atomic E-state index is 0.0586. The molecule has 3 N–H and O–H groups in total. The molecule has 29 heavy (non-hydrogen) atoms. The Morgan fingerprint density at radius 2 is 2.07 bits per heavy atom. The summed E-state index contributed by atoms with van der Waals surface area (Å²) in [6, 6.07) is 4.92. The van der Waals surface area contributed by atoms with Crippen molar-refractivity contribution in [3.63, 3.8) is 0 Å². The molecule has 0 spiro atoms. The lowest BCUT2D eigenvalue weighted by Gasteiger charge is -2.27. The zero-order valence-corrected chi connectivity index (χ0v) is 16.8. The number of alkyl carbamates (subject to hydrolysis) is 1. The van der Waals surface area contributed by atoms with Gasteiger partial charge in [-0.25, -0.2) is 9.18 Å². The molecule has 0 fully saturated rings. The van der Waals surface area contributed by atoms with Crippen molar-refractivity contribution in [3.05, 3.63) is 41.2 Å². The molecule has 0 saturated carbocycles. The highest BCUT2D eigenvalue weighted by atomic mass is 19.1. The van der Waals surface area contributed by atoms with Crippen LogP contribution in [0.3, 0.4) is 0 Å². The van der Waals surface area contributed by atoms with Gasteiger partial charge in [0, 0.05) is 24.2 Å². The van der Waals surface area contributed by atoms with Gasteiger partial charge in [0.15, 0.2) is 0 Å². The number of hydrogen-bond acceptors (Lipinski definition) is 5. The topological polar surface area (TPSA) is 111 Å². The molecule has 0 aromatic heterocycles. The Bertz CT molecular complexity index is 817. The smallest absolute Gasteiger partial charge is 0.407 e. The maximum atomic E-state index is 13.1. The van der Waals surface area contributed by atoms with Crippen LogP contribution in [-0.4, -0.2) is 54.6 Å². The molecular formula is C20H26FN3O5. The van der Waals surface area contributed by atoms with Gasteiger partial charge in [0.25, 0.3) is 5.91 Å². The second-order valence-electron chi connectivity index (χ2n) is 7.67. The summed E-state index contributed by atoms with van der Waals surface area (Å²) < 4.78 is 23.8. The summed E-state index contributed by atoms with van der Waals surface area (Å²) in [6.45, 7) is 5.32. The summed E-state index contributed by atoms with van der Waals surface area (Å²) in [5.41, 5.74) is 6.00. The average Bonchev–Trinajstić information content (AvgIpc) is 2.62. The van der Waals surface area contributed by atoms with Crippen molar-refractivity contribution in [1.82, 2.24) is 10.2 Å². The predicted octanol–water partition coefficient (Wildman–Crippen LogP) is 1.93. The summed E-state index contributed by atoms with van der Waals surface area (Å²) in [7, 11) is 0.